The topological polar surface area (TPSA) is 60.9 Å². The van der Waals surface area contributed by atoms with Crippen LogP contribution in [0.15, 0.2) is 22.7 Å². The molecular weight excluding hydrogens is 293 g/mol. The number of halogens is 2. The van der Waals surface area contributed by atoms with Crippen LogP contribution in [0.3, 0.4) is 0 Å². The zero-order valence-corrected chi connectivity index (χ0v) is 10.6. The standard InChI is InChI=1S/C10H9BrClN3O/c11-6-1-2-8-7(3-6)14-10(4-12)15(8)5-9(13)16/h1-3H,4-5H2,(H2,13,16). The first-order valence-electron chi connectivity index (χ1n) is 4.60. The van der Waals surface area contributed by atoms with E-state index in [1.165, 1.54) is 0 Å². The van der Waals surface area contributed by atoms with E-state index in [0.717, 1.165) is 15.5 Å². The molecule has 0 unspecified atom stereocenters. The van der Waals surface area contributed by atoms with Gasteiger partial charge in [-0.05, 0) is 18.2 Å². The Balaban J connectivity index is 2.63. The maximum atomic E-state index is 11.0. The number of carbonyl (C=O) groups is 1. The monoisotopic (exact) mass is 301 g/mol. The van der Waals surface area contributed by atoms with E-state index in [2.05, 4.69) is 20.9 Å². The van der Waals surface area contributed by atoms with Gasteiger partial charge in [0.15, 0.2) is 0 Å². The third kappa shape index (κ3) is 2.05. The Morgan fingerprint density at radius 1 is 1.56 bits per heavy atom. The van der Waals surface area contributed by atoms with Crippen LogP contribution in [0.5, 0.6) is 0 Å². The molecule has 1 amide bonds. The number of primary amides is 1. The average Bonchev–Trinajstić information content (AvgIpc) is 2.55. The van der Waals surface area contributed by atoms with Gasteiger partial charge in [-0.15, -0.1) is 11.6 Å². The molecule has 0 aliphatic carbocycles. The van der Waals surface area contributed by atoms with Crippen molar-refractivity contribution < 1.29 is 4.79 Å². The molecule has 2 aromatic rings. The van der Waals surface area contributed by atoms with E-state index in [0.29, 0.717) is 5.82 Å². The summed E-state index contributed by atoms with van der Waals surface area (Å²) in [5.41, 5.74) is 6.84. The van der Waals surface area contributed by atoms with Crippen LogP contribution in [-0.2, 0) is 17.2 Å². The normalized spacial score (nSPS) is 10.9. The number of hydrogen-bond donors (Lipinski definition) is 1. The van der Waals surface area contributed by atoms with Gasteiger partial charge in [0, 0.05) is 4.47 Å². The molecule has 0 radical (unpaired) electrons. The molecule has 0 saturated heterocycles. The predicted octanol–water partition coefficient (Wildman–Crippen LogP) is 2.02. The molecule has 2 N–H and O–H groups in total. The lowest BCUT2D eigenvalue weighted by molar-refractivity contribution is -0.118. The largest absolute Gasteiger partial charge is 0.368 e. The van der Waals surface area contributed by atoms with E-state index < -0.39 is 5.91 Å². The Kier molecular flexibility index (Phi) is 3.16. The number of nitrogens with zero attached hydrogens (tertiary/aromatic N) is 2. The third-order valence-electron chi connectivity index (χ3n) is 2.22. The summed E-state index contributed by atoms with van der Waals surface area (Å²) in [6.07, 6.45) is 0. The Hall–Kier alpha value is -1.07. The lowest BCUT2D eigenvalue weighted by Gasteiger charge is -2.03. The first-order chi connectivity index (χ1) is 7.61. The second-order valence-electron chi connectivity index (χ2n) is 3.35. The van der Waals surface area contributed by atoms with Gasteiger partial charge in [0.05, 0.1) is 16.9 Å². The highest BCUT2D eigenvalue weighted by Gasteiger charge is 2.11. The van der Waals surface area contributed by atoms with Crippen molar-refractivity contribution in [3.8, 4) is 0 Å². The summed E-state index contributed by atoms with van der Waals surface area (Å²) in [5.74, 6) is 0.488. The van der Waals surface area contributed by atoms with Crippen molar-refractivity contribution in [2.45, 2.75) is 12.4 Å². The zero-order chi connectivity index (χ0) is 11.7. The van der Waals surface area contributed by atoms with Gasteiger partial charge in [-0.1, -0.05) is 15.9 Å². The molecule has 1 aromatic carbocycles. The van der Waals surface area contributed by atoms with Crippen molar-refractivity contribution in [2.75, 3.05) is 0 Å². The molecule has 0 aliphatic heterocycles. The fourth-order valence-electron chi connectivity index (χ4n) is 1.59. The highest BCUT2D eigenvalue weighted by molar-refractivity contribution is 9.10. The van der Waals surface area contributed by atoms with Crippen LogP contribution in [0.25, 0.3) is 11.0 Å². The van der Waals surface area contributed by atoms with E-state index >= 15 is 0 Å². The van der Waals surface area contributed by atoms with Crippen LogP contribution < -0.4 is 5.73 Å². The van der Waals surface area contributed by atoms with Crippen molar-refractivity contribution in [1.82, 2.24) is 9.55 Å². The molecule has 0 aliphatic rings. The number of alkyl halides is 1. The molecule has 1 aromatic heterocycles. The van der Waals surface area contributed by atoms with Crippen molar-refractivity contribution in [2.24, 2.45) is 5.73 Å². The maximum absolute atomic E-state index is 11.0. The summed E-state index contributed by atoms with van der Waals surface area (Å²) >= 11 is 9.14. The first kappa shape index (κ1) is 11.4. The second-order valence-corrected chi connectivity index (χ2v) is 4.53. The summed E-state index contributed by atoms with van der Waals surface area (Å²) in [6.45, 7) is 0.0974. The molecule has 0 spiro atoms. The van der Waals surface area contributed by atoms with E-state index in [-0.39, 0.29) is 12.4 Å². The van der Waals surface area contributed by atoms with E-state index in [4.69, 9.17) is 17.3 Å². The summed E-state index contributed by atoms with van der Waals surface area (Å²) in [6, 6.07) is 5.65. The van der Waals surface area contributed by atoms with Crippen molar-refractivity contribution in [3.05, 3.63) is 28.5 Å². The summed E-state index contributed by atoms with van der Waals surface area (Å²) < 4.78 is 2.67. The van der Waals surface area contributed by atoms with Gasteiger partial charge in [-0.2, -0.15) is 0 Å². The van der Waals surface area contributed by atoms with Gasteiger partial charge in [0.2, 0.25) is 5.91 Å². The fraction of sp³-hybridized carbons (Fsp3) is 0.200. The van der Waals surface area contributed by atoms with Crippen molar-refractivity contribution in [3.63, 3.8) is 0 Å². The van der Waals surface area contributed by atoms with Gasteiger partial charge in [-0.3, -0.25) is 4.79 Å². The molecule has 0 atom stereocenters. The average molecular weight is 303 g/mol. The highest BCUT2D eigenvalue weighted by Crippen LogP contribution is 2.21. The molecule has 84 valence electrons. The van der Waals surface area contributed by atoms with Gasteiger partial charge >= 0.3 is 0 Å². The van der Waals surface area contributed by atoms with Crippen LogP contribution in [0.4, 0.5) is 0 Å². The Morgan fingerprint density at radius 3 is 2.94 bits per heavy atom. The van der Waals surface area contributed by atoms with Crippen LogP contribution in [0.2, 0.25) is 0 Å². The van der Waals surface area contributed by atoms with Gasteiger partial charge in [0.25, 0.3) is 0 Å². The number of amides is 1. The number of imidazole rings is 1. The van der Waals surface area contributed by atoms with Crippen LogP contribution in [0.1, 0.15) is 5.82 Å². The van der Waals surface area contributed by atoms with Gasteiger partial charge in [0.1, 0.15) is 12.4 Å². The zero-order valence-electron chi connectivity index (χ0n) is 8.28. The third-order valence-corrected chi connectivity index (χ3v) is 2.96. The molecular formula is C10H9BrClN3O. The highest BCUT2D eigenvalue weighted by atomic mass is 79.9. The Bertz CT molecular complexity index is 552. The molecule has 0 saturated carbocycles. The number of hydrogen-bond acceptors (Lipinski definition) is 2. The molecule has 4 nitrogen and oxygen atoms in total. The minimum Gasteiger partial charge on any atom is -0.368 e. The summed E-state index contributed by atoms with van der Waals surface area (Å²) in [4.78, 5) is 15.3. The molecule has 2 rings (SSSR count). The van der Waals surface area contributed by atoms with E-state index in [1.54, 1.807) is 4.57 Å². The number of nitrogens with two attached hydrogens (primary N) is 1. The van der Waals surface area contributed by atoms with Crippen molar-refractivity contribution in [1.29, 1.82) is 0 Å². The lowest BCUT2D eigenvalue weighted by atomic mass is 10.3. The summed E-state index contributed by atoms with van der Waals surface area (Å²) in [5, 5.41) is 0. The fourth-order valence-corrected chi connectivity index (χ4v) is 2.14. The first-order valence-corrected chi connectivity index (χ1v) is 5.93. The Labute approximate surface area is 106 Å². The van der Waals surface area contributed by atoms with Crippen LogP contribution in [-0.4, -0.2) is 15.5 Å². The Morgan fingerprint density at radius 2 is 2.31 bits per heavy atom. The minimum atomic E-state index is -0.409. The maximum Gasteiger partial charge on any atom is 0.237 e. The van der Waals surface area contributed by atoms with Gasteiger partial charge < -0.3 is 10.3 Å². The number of benzene rings is 1. The quantitative estimate of drug-likeness (QED) is 0.882. The van der Waals surface area contributed by atoms with Crippen LogP contribution >= 0.6 is 27.5 Å². The number of rotatable bonds is 3. The lowest BCUT2D eigenvalue weighted by Crippen LogP contribution is -2.19. The summed E-state index contributed by atoms with van der Waals surface area (Å²) in [7, 11) is 0. The van der Waals surface area contributed by atoms with E-state index in [9.17, 15) is 4.79 Å². The molecule has 0 fully saturated rings. The smallest absolute Gasteiger partial charge is 0.237 e. The number of carbonyl (C=O) groups excluding carboxylic acids is 1. The molecule has 0 bridgehead atoms. The van der Waals surface area contributed by atoms with Crippen LogP contribution in [0, 0.1) is 0 Å². The SMILES string of the molecule is NC(=O)Cn1c(CCl)nc2cc(Br)ccc21. The second kappa shape index (κ2) is 4.43. The molecule has 6 heteroatoms. The van der Waals surface area contributed by atoms with E-state index in [1.807, 2.05) is 18.2 Å². The minimum absolute atomic E-state index is 0.0974. The van der Waals surface area contributed by atoms with Gasteiger partial charge in [-0.25, -0.2) is 4.98 Å². The molecule has 1 heterocycles. The van der Waals surface area contributed by atoms with Crippen molar-refractivity contribution >= 4 is 44.5 Å². The predicted molar refractivity (Wildman–Crippen MR) is 66.2 cm³/mol. The molecule has 16 heavy (non-hydrogen) atoms. The number of aromatic nitrogens is 2. The number of fused-ring (bicyclic) bond motifs is 1.